The monoisotopic (exact) mass is 1820 g/mol. The zero-order valence-electron chi connectivity index (χ0n) is 74.5. The predicted octanol–water partition coefficient (Wildman–Crippen LogP) is 34.4. The second kappa shape index (κ2) is 35.8. The van der Waals surface area contributed by atoms with Gasteiger partial charge in [-0.3, -0.25) is 9.13 Å². The second-order valence-electron chi connectivity index (χ2n) is 34.4. The fourth-order valence-electron chi connectivity index (χ4n) is 19.3. The summed E-state index contributed by atoms with van der Waals surface area (Å²) in [5, 5.41) is 11.3. The number of para-hydroxylation sites is 3. The van der Waals surface area contributed by atoms with Gasteiger partial charge in [0.1, 0.15) is 5.82 Å². The van der Waals surface area contributed by atoms with Crippen molar-refractivity contribution in [2.75, 3.05) is 0 Å². The molecule has 0 saturated carbocycles. The molecule has 648 valence electrons. The molecule has 9 heterocycles. The van der Waals surface area contributed by atoms with Crippen LogP contribution in [0.1, 0.15) is 0 Å². The van der Waals surface area contributed by atoms with Crippen molar-refractivity contribution in [3.05, 3.63) is 491 Å². The summed E-state index contributed by atoms with van der Waals surface area (Å²) in [5.74, 6) is 3.54. The smallest absolute Gasteiger partial charge is 0.235 e. The molecule has 0 aliphatic carbocycles. The summed E-state index contributed by atoms with van der Waals surface area (Å²) >= 11 is 5.58. The van der Waals surface area contributed by atoms with Gasteiger partial charge in [0.25, 0.3) is 0 Å². The molecule has 9 aromatic heterocycles. The molecule has 9 nitrogen and oxygen atoms in total. The third-order valence-electron chi connectivity index (χ3n) is 25.9. The lowest BCUT2D eigenvalue weighted by atomic mass is 9.99. The van der Waals surface area contributed by atoms with E-state index in [1.54, 1.807) is 0 Å². The SMILES string of the molecule is c1ccc(-c2ccc(-c3cc(-c4ccccc4)nc(-n4c5ccccc5c5c6sc(-c7ccccc7)cc6ccc54)c3)cc2)cc1.c1ccc(-c2ccc(-c3cc(-c4ccccc4)nc(-n4c5ccccc5c5c6sc(-c7ccccc7)cc6ccc54)n3)cc2)cc1.c1ccc(-c2nc(-c3ccccc3)nc(-c3ccc(-n4c5ccccc5c5c6sc(-c7ccccc7)cc6ccc54)cc3)n2)cc1. The minimum atomic E-state index is 0.648. The molecule has 0 amide bonds. The van der Waals surface area contributed by atoms with Crippen molar-refractivity contribution >= 4 is 130 Å². The van der Waals surface area contributed by atoms with Gasteiger partial charge >= 0.3 is 0 Å². The first-order chi connectivity index (χ1) is 68.4. The zero-order chi connectivity index (χ0) is 91.4. The average Bonchev–Trinajstić information content (AvgIpc) is 1.56. The Morgan fingerprint density at radius 2 is 0.435 bits per heavy atom. The van der Waals surface area contributed by atoms with E-state index in [0.29, 0.717) is 23.4 Å². The lowest BCUT2D eigenvalue weighted by Gasteiger charge is -2.13. The molecule has 27 rings (SSSR count). The van der Waals surface area contributed by atoms with E-state index in [2.05, 4.69) is 432 Å². The van der Waals surface area contributed by atoms with E-state index in [-0.39, 0.29) is 0 Å². The Hall–Kier alpha value is -17.5. The second-order valence-corrected chi connectivity index (χ2v) is 37.5. The minimum Gasteiger partial charge on any atom is -0.309 e. The number of fused-ring (bicyclic) bond motifs is 15. The highest BCUT2D eigenvalue weighted by atomic mass is 32.1. The van der Waals surface area contributed by atoms with Crippen molar-refractivity contribution in [3.63, 3.8) is 0 Å². The van der Waals surface area contributed by atoms with Crippen LogP contribution in [-0.2, 0) is 0 Å². The first-order valence-electron chi connectivity index (χ1n) is 46.3. The number of thiophene rings is 3. The Bertz CT molecular complexity index is 8770. The first-order valence-corrected chi connectivity index (χ1v) is 48.7. The highest BCUT2D eigenvalue weighted by molar-refractivity contribution is 7.24. The van der Waals surface area contributed by atoms with Gasteiger partial charge in [-0.15, -0.1) is 34.0 Å². The summed E-state index contributed by atoms with van der Waals surface area (Å²) in [6.07, 6.45) is 0. The van der Waals surface area contributed by atoms with Crippen LogP contribution in [0.5, 0.6) is 0 Å². The van der Waals surface area contributed by atoms with Gasteiger partial charge in [0.05, 0.1) is 50.2 Å². The van der Waals surface area contributed by atoms with E-state index in [0.717, 1.165) is 89.6 Å². The van der Waals surface area contributed by atoms with Crippen LogP contribution < -0.4 is 0 Å². The Morgan fingerprint density at radius 3 is 0.819 bits per heavy atom. The van der Waals surface area contributed by atoms with E-state index in [1.165, 1.54) is 133 Å². The normalized spacial score (nSPS) is 11.5. The fourth-order valence-corrected chi connectivity index (χ4v) is 22.9. The Labute approximate surface area is 808 Å². The predicted molar refractivity (Wildman–Crippen MR) is 580 cm³/mol. The van der Waals surface area contributed by atoms with Crippen LogP contribution in [0.25, 0.3) is 246 Å². The van der Waals surface area contributed by atoms with E-state index in [9.17, 15) is 0 Å². The van der Waals surface area contributed by atoms with Crippen LogP contribution in [0, 0.1) is 0 Å². The molecule has 0 aliphatic heterocycles. The molecule has 18 aromatic carbocycles. The quantitative estimate of drug-likeness (QED) is 0.102. The van der Waals surface area contributed by atoms with Gasteiger partial charge in [0.15, 0.2) is 17.5 Å². The summed E-state index contributed by atoms with van der Waals surface area (Å²) in [4.78, 5) is 34.4. The molecular formula is C126H81N9S3. The van der Waals surface area contributed by atoms with Gasteiger partial charge < -0.3 is 4.57 Å². The molecule has 0 spiro atoms. The van der Waals surface area contributed by atoms with Crippen molar-refractivity contribution < 1.29 is 0 Å². The largest absolute Gasteiger partial charge is 0.309 e. The van der Waals surface area contributed by atoms with Crippen LogP contribution in [-0.4, -0.2) is 43.6 Å². The topological polar surface area (TPSA) is 92.1 Å². The van der Waals surface area contributed by atoms with Crippen molar-refractivity contribution in [1.82, 2.24) is 43.6 Å². The van der Waals surface area contributed by atoms with Gasteiger partial charge in [-0.1, -0.05) is 394 Å². The number of rotatable bonds is 15. The van der Waals surface area contributed by atoms with Gasteiger partial charge in [-0.2, -0.15) is 0 Å². The molecule has 0 fully saturated rings. The lowest BCUT2D eigenvalue weighted by molar-refractivity contribution is 0.996. The summed E-state index contributed by atoms with van der Waals surface area (Å²) in [7, 11) is 0. The van der Waals surface area contributed by atoms with Gasteiger partial charge in [-0.25, -0.2) is 29.9 Å². The maximum absolute atomic E-state index is 5.34. The molecule has 0 unspecified atom stereocenters. The summed E-state index contributed by atoms with van der Waals surface area (Å²) in [6, 6.07) is 173. The molecule has 0 N–H and O–H groups in total. The fraction of sp³-hybridized carbons (Fsp3) is 0. The number of nitrogens with zero attached hydrogens (tertiary/aromatic N) is 9. The van der Waals surface area contributed by atoms with Crippen LogP contribution in [0.15, 0.2) is 491 Å². The molecule has 12 heteroatoms. The average molecular weight is 1820 g/mol. The maximum Gasteiger partial charge on any atom is 0.235 e. The molecule has 138 heavy (non-hydrogen) atoms. The van der Waals surface area contributed by atoms with Crippen molar-refractivity contribution in [1.29, 1.82) is 0 Å². The standard InChI is InChI=1S/C43H28N2S.C42H27N3S.C41H26N4S/c1-4-12-29(13-5-1)30-20-22-31(23-21-30)35-26-37(32-14-6-2-7-15-32)44-41(28-35)45-38-19-11-10-18-36(38)42-39(45)25-24-34-27-40(46-43(34)42)33-16-8-3-9-17-33;1-4-12-28(13-5-1)29-20-22-31(23-21-29)36-27-35(30-14-6-2-7-15-30)43-42(44-36)45-37-19-11-10-18-34(37)40-38(45)25-24-33-26-39(46-41(33)40)32-16-8-3-9-17-32;1-4-12-27(13-5-1)36-26-31-22-25-35-37(38(31)46-36)33-18-10-11-19-34(33)45(35)32-23-20-30(21-24-32)41-43-39(28-14-6-2-7-15-28)42-40(44-41)29-16-8-3-9-17-29/h1-28H;1-27H;1-26H. The number of hydrogen-bond acceptors (Lipinski definition) is 9. The highest BCUT2D eigenvalue weighted by Gasteiger charge is 2.25. The number of pyridine rings is 1. The number of benzene rings is 18. The zero-order valence-corrected chi connectivity index (χ0v) is 77.0. The molecule has 0 saturated heterocycles. The van der Waals surface area contributed by atoms with E-state index in [1.807, 2.05) is 107 Å². The highest BCUT2D eigenvalue weighted by Crippen LogP contribution is 2.48. The van der Waals surface area contributed by atoms with Crippen molar-refractivity contribution in [3.8, 4) is 150 Å². The number of hydrogen-bond donors (Lipinski definition) is 0. The Balaban J connectivity index is 0.000000110. The molecular weight excluding hydrogens is 1740 g/mol. The molecule has 0 atom stereocenters. The van der Waals surface area contributed by atoms with E-state index < -0.39 is 0 Å². The molecule has 0 aliphatic rings. The van der Waals surface area contributed by atoms with Gasteiger partial charge in [0, 0.05) is 100 Å². The van der Waals surface area contributed by atoms with Crippen LogP contribution in [0.4, 0.5) is 0 Å². The molecule has 27 aromatic rings. The maximum atomic E-state index is 5.34. The minimum absolute atomic E-state index is 0.648. The molecule has 0 bridgehead atoms. The van der Waals surface area contributed by atoms with Crippen LogP contribution in [0.2, 0.25) is 0 Å². The number of aromatic nitrogens is 9. The summed E-state index contributed by atoms with van der Waals surface area (Å²) < 4.78 is 10.9. The van der Waals surface area contributed by atoms with Gasteiger partial charge in [-0.05, 0) is 163 Å². The third kappa shape index (κ3) is 15.5. The van der Waals surface area contributed by atoms with E-state index >= 15 is 0 Å². The van der Waals surface area contributed by atoms with Gasteiger partial charge in [0.2, 0.25) is 5.95 Å². The van der Waals surface area contributed by atoms with Crippen molar-refractivity contribution in [2.24, 2.45) is 0 Å². The lowest BCUT2D eigenvalue weighted by Crippen LogP contribution is -2.04. The molecule has 0 radical (unpaired) electrons. The van der Waals surface area contributed by atoms with Crippen LogP contribution >= 0.6 is 34.0 Å². The summed E-state index contributed by atoms with van der Waals surface area (Å²) in [5.41, 5.74) is 27.6. The van der Waals surface area contributed by atoms with Crippen LogP contribution in [0.3, 0.4) is 0 Å². The Morgan fingerprint density at radius 1 is 0.167 bits per heavy atom. The summed E-state index contributed by atoms with van der Waals surface area (Å²) in [6.45, 7) is 0. The third-order valence-corrected chi connectivity index (χ3v) is 29.6. The Kier molecular flexibility index (Phi) is 21.4. The first kappa shape index (κ1) is 82.4. The van der Waals surface area contributed by atoms with E-state index in [4.69, 9.17) is 29.9 Å². The van der Waals surface area contributed by atoms with Crippen molar-refractivity contribution in [2.45, 2.75) is 0 Å².